The van der Waals surface area contributed by atoms with Crippen LogP contribution in [0, 0.1) is 0 Å². The maximum atomic E-state index is 10.7. The molecule has 0 aliphatic rings. The van der Waals surface area contributed by atoms with Gasteiger partial charge in [0.15, 0.2) is 0 Å². The number of hydrogen-bond acceptors (Lipinski definition) is 7. The van der Waals surface area contributed by atoms with Crippen molar-refractivity contribution in [3.05, 3.63) is 60.7 Å². The van der Waals surface area contributed by atoms with Crippen LogP contribution in [0.25, 0.3) is 22.5 Å². The van der Waals surface area contributed by atoms with Crippen LogP contribution in [0.5, 0.6) is 0 Å². The fraction of sp³-hybridized carbons (Fsp3) is 0.238. The number of benzene rings is 2. The minimum atomic E-state index is -0.301. The SMILES string of the molecule is CC(=O)OCCOCCSc1nnc(-c2ccccc2)c(-c2ccccc2)n1. The topological polar surface area (TPSA) is 74.2 Å². The molecule has 0 aliphatic heterocycles. The number of ether oxygens (including phenoxy) is 2. The summed E-state index contributed by atoms with van der Waals surface area (Å²) < 4.78 is 10.3. The second kappa shape index (κ2) is 10.5. The molecule has 1 heterocycles. The van der Waals surface area contributed by atoms with Gasteiger partial charge in [-0.2, -0.15) is 0 Å². The van der Waals surface area contributed by atoms with Gasteiger partial charge < -0.3 is 9.47 Å². The summed E-state index contributed by atoms with van der Waals surface area (Å²) in [6.45, 7) is 2.53. The smallest absolute Gasteiger partial charge is 0.302 e. The van der Waals surface area contributed by atoms with E-state index in [1.165, 1.54) is 18.7 Å². The number of carbonyl (C=O) groups is 1. The lowest BCUT2D eigenvalue weighted by atomic mass is 10.0. The standard InChI is InChI=1S/C21H21N3O3S/c1-16(25)27-13-12-26-14-15-28-21-22-19(17-8-4-2-5-9-17)20(23-24-21)18-10-6-3-7-11-18/h2-11H,12-15H2,1H3. The van der Waals surface area contributed by atoms with Crippen LogP contribution < -0.4 is 0 Å². The van der Waals surface area contributed by atoms with Crippen molar-refractivity contribution in [2.75, 3.05) is 25.6 Å². The summed E-state index contributed by atoms with van der Waals surface area (Å²) in [7, 11) is 0. The minimum absolute atomic E-state index is 0.266. The van der Waals surface area contributed by atoms with E-state index >= 15 is 0 Å². The highest BCUT2D eigenvalue weighted by atomic mass is 32.2. The summed E-state index contributed by atoms with van der Waals surface area (Å²) in [5.41, 5.74) is 3.54. The quantitative estimate of drug-likeness (QED) is 0.309. The molecule has 0 atom stereocenters. The maximum Gasteiger partial charge on any atom is 0.302 e. The average Bonchev–Trinajstić information content (AvgIpc) is 2.74. The van der Waals surface area contributed by atoms with Gasteiger partial charge in [0, 0.05) is 23.8 Å². The van der Waals surface area contributed by atoms with Crippen LogP contribution in [-0.2, 0) is 14.3 Å². The first-order chi connectivity index (χ1) is 13.7. The van der Waals surface area contributed by atoms with E-state index < -0.39 is 0 Å². The first kappa shape index (κ1) is 20.0. The zero-order valence-corrected chi connectivity index (χ0v) is 16.4. The fourth-order valence-corrected chi connectivity index (χ4v) is 3.14. The van der Waals surface area contributed by atoms with Crippen molar-refractivity contribution in [1.29, 1.82) is 0 Å². The molecule has 0 bridgehead atoms. The van der Waals surface area contributed by atoms with Crippen LogP contribution in [0.15, 0.2) is 65.8 Å². The van der Waals surface area contributed by atoms with Gasteiger partial charge in [0.1, 0.15) is 18.0 Å². The van der Waals surface area contributed by atoms with Crippen LogP contribution >= 0.6 is 11.8 Å². The summed E-state index contributed by atoms with van der Waals surface area (Å²) in [5, 5.41) is 9.32. The molecule has 7 heteroatoms. The Kier molecular flexibility index (Phi) is 7.52. The highest BCUT2D eigenvalue weighted by Gasteiger charge is 2.13. The Morgan fingerprint density at radius 3 is 2.14 bits per heavy atom. The van der Waals surface area contributed by atoms with Gasteiger partial charge in [-0.25, -0.2) is 4.98 Å². The number of nitrogens with zero attached hydrogens (tertiary/aromatic N) is 3. The molecule has 0 amide bonds. The summed E-state index contributed by atoms with van der Waals surface area (Å²) in [5.74, 6) is 0.380. The van der Waals surface area contributed by atoms with Gasteiger partial charge in [-0.05, 0) is 0 Å². The van der Waals surface area contributed by atoms with E-state index in [2.05, 4.69) is 10.2 Å². The van der Waals surface area contributed by atoms with Gasteiger partial charge in [-0.1, -0.05) is 72.4 Å². The summed E-state index contributed by atoms with van der Waals surface area (Å²) >= 11 is 1.48. The van der Waals surface area contributed by atoms with Crippen LogP contribution in [0.2, 0.25) is 0 Å². The van der Waals surface area contributed by atoms with Gasteiger partial charge in [0.05, 0.1) is 13.2 Å². The van der Waals surface area contributed by atoms with Crippen LogP contribution in [0.4, 0.5) is 0 Å². The third-order valence-corrected chi connectivity index (χ3v) is 4.56. The Morgan fingerprint density at radius 1 is 0.857 bits per heavy atom. The van der Waals surface area contributed by atoms with Crippen molar-refractivity contribution in [3.63, 3.8) is 0 Å². The molecule has 0 fully saturated rings. The molecule has 0 aliphatic carbocycles. The predicted molar refractivity (Wildman–Crippen MR) is 109 cm³/mol. The first-order valence-corrected chi connectivity index (χ1v) is 9.92. The van der Waals surface area contributed by atoms with Crippen molar-refractivity contribution in [1.82, 2.24) is 15.2 Å². The molecule has 3 aromatic rings. The number of esters is 1. The fourth-order valence-electron chi connectivity index (χ4n) is 2.50. The molecule has 28 heavy (non-hydrogen) atoms. The largest absolute Gasteiger partial charge is 0.463 e. The molecular formula is C21H21N3O3S. The van der Waals surface area contributed by atoms with Crippen LogP contribution in [0.3, 0.4) is 0 Å². The molecule has 2 aromatic carbocycles. The Hall–Kier alpha value is -2.77. The molecule has 0 spiro atoms. The van der Waals surface area contributed by atoms with Gasteiger partial charge in [-0.15, -0.1) is 10.2 Å². The lowest BCUT2D eigenvalue weighted by Crippen LogP contribution is -2.09. The predicted octanol–water partition coefficient (Wildman–Crippen LogP) is 3.88. The molecule has 0 saturated heterocycles. The van der Waals surface area contributed by atoms with Gasteiger partial charge in [0.2, 0.25) is 5.16 Å². The Labute approximate surface area is 168 Å². The minimum Gasteiger partial charge on any atom is -0.463 e. The normalized spacial score (nSPS) is 10.6. The molecule has 0 unspecified atom stereocenters. The van der Waals surface area contributed by atoms with Crippen molar-refractivity contribution in [2.45, 2.75) is 12.1 Å². The number of rotatable bonds is 9. The highest BCUT2D eigenvalue weighted by Crippen LogP contribution is 2.29. The highest BCUT2D eigenvalue weighted by molar-refractivity contribution is 7.99. The second-order valence-electron chi connectivity index (χ2n) is 5.82. The zero-order chi connectivity index (χ0) is 19.6. The van der Waals surface area contributed by atoms with Gasteiger partial charge in [-0.3, -0.25) is 4.79 Å². The van der Waals surface area contributed by atoms with Crippen molar-refractivity contribution < 1.29 is 14.3 Å². The van der Waals surface area contributed by atoms with Crippen molar-refractivity contribution in [2.24, 2.45) is 0 Å². The summed E-state index contributed by atoms with van der Waals surface area (Å²) in [6, 6.07) is 19.9. The molecule has 144 valence electrons. The van der Waals surface area contributed by atoms with Gasteiger partial charge >= 0.3 is 5.97 Å². The van der Waals surface area contributed by atoms with E-state index in [9.17, 15) is 4.79 Å². The number of hydrogen-bond donors (Lipinski definition) is 0. The average molecular weight is 395 g/mol. The Morgan fingerprint density at radius 2 is 1.50 bits per heavy atom. The molecule has 0 saturated carbocycles. The summed E-state index contributed by atoms with van der Waals surface area (Å²) in [6.07, 6.45) is 0. The summed E-state index contributed by atoms with van der Waals surface area (Å²) in [4.78, 5) is 15.4. The molecule has 6 nitrogen and oxygen atoms in total. The van der Waals surface area contributed by atoms with E-state index in [4.69, 9.17) is 14.5 Å². The van der Waals surface area contributed by atoms with Gasteiger partial charge in [0.25, 0.3) is 0 Å². The molecular weight excluding hydrogens is 374 g/mol. The molecule has 0 N–H and O–H groups in total. The Balaban J connectivity index is 1.68. The molecule has 3 rings (SSSR count). The van der Waals surface area contributed by atoms with Crippen LogP contribution in [0.1, 0.15) is 6.92 Å². The van der Waals surface area contributed by atoms with Crippen LogP contribution in [-0.4, -0.2) is 46.7 Å². The number of carbonyl (C=O) groups excluding carboxylic acids is 1. The number of thioether (sulfide) groups is 1. The lowest BCUT2D eigenvalue weighted by molar-refractivity contribution is -0.142. The van der Waals surface area contributed by atoms with E-state index in [0.29, 0.717) is 24.1 Å². The molecule has 1 aromatic heterocycles. The monoisotopic (exact) mass is 395 g/mol. The molecule has 0 radical (unpaired) electrons. The third-order valence-electron chi connectivity index (χ3n) is 3.75. The Bertz CT molecular complexity index is 892. The zero-order valence-electron chi connectivity index (χ0n) is 15.6. The number of aromatic nitrogens is 3. The van der Waals surface area contributed by atoms with Crippen molar-refractivity contribution >= 4 is 17.7 Å². The van der Waals surface area contributed by atoms with E-state index in [-0.39, 0.29) is 12.6 Å². The van der Waals surface area contributed by atoms with E-state index in [1.54, 1.807) is 0 Å². The lowest BCUT2D eigenvalue weighted by Gasteiger charge is -2.09. The second-order valence-corrected chi connectivity index (χ2v) is 6.89. The first-order valence-electron chi connectivity index (χ1n) is 8.93. The van der Waals surface area contributed by atoms with E-state index in [0.717, 1.165) is 22.5 Å². The van der Waals surface area contributed by atoms with Crippen molar-refractivity contribution in [3.8, 4) is 22.5 Å². The third kappa shape index (κ3) is 5.87. The maximum absolute atomic E-state index is 10.7. The van der Waals surface area contributed by atoms with E-state index in [1.807, 2.05) is 60.7 Å².